The van der Waals surface area contributed by atoms with Gasteiger partial charge in [-0.1, -0.05) is 0 Å². The molecule has 0 amide bonds. The Morgan fingerprint density at radius 2 is 2.41 bits per heavy atom. The summed E-state index contributed by atoms with van der Waals surface area (Å²) in [6.45, 7) is 2.90. The molecular weight excluding hydrogens is 298 g/mol. The summed E-state index contributed by atoms with van der Waals surface area (Å²) in [5.74, 6) is 0.844. The van der Waals surface area contributed by atoms with Crippen LogP contribution in [0, 0.1) is 0 Å². The van der Waals surface area contributed by atoms with Crippen molar-refractivity contribution >= 4 is 11.3 Å². The van der Waals surface area contributed by atoms with Gasteiger partial charge in [0.25, 0.3) is 0 Å². The molecule has 1 saturated heterocycles. The molecular formula is C15H17N5OS. The van der Waals surface area contributed by atoms with Crippen molar-refractivity contribution in [3.05, 3.63) is 42.1 Å². The largest absolute Gasteiger partial charge is 0.462 e. The van der Waals surface area contributed by atoms with Gasteiger partial charge < -0.3 is 4.42 Å². The summed E-state index contributed by atoms with van der Waals surface area (Å²) in [6.07, 6.45) is 7.50. The number of hydrogen-bond donors (Lipinski definition) is 0. The van der Waals surface area contributed by atoms with Gasteiger partial charge in [0.2, 0.25) is 0 Å². The number of furan rings is 1. The van der Waals surface area contributed by atoms with E-state index in [4.69, 9.17) is 9.40 Å². The molecule has 1 fully saturated rings. The van der Waals surface area contributed by atoms with Crippen LogP contribution >= 0.6 is 11.3 Å². The van der Waals surface area contributed by atoms with Crippen molar-refractivity contribution in [2.45, 2.75) is 32.0 Å². The van der Waals surface area contributed by atoms with Crippen molar-refractivity contribution in [1.82, 2.24) is 24.6 Å². The first-order valence-corrected chi connectivity index (χ1v) is 8.31. The molecule has 0 aliphatic carbocycles. The summed E-state index contributed by atoms with van der Waals surface area (Å²) >= 11 is 1.64. The van der Waals surface area contributed by atoms with E-state index in [-0.39, 0.29) is 0 Å². The molecule has 3 aromatic rings. The Kier molecular flexibility index (Phi) is 3.74. The Morgan fingerprint density at radius 3 is 3.23 bits per heavy atom. The van der Waals surface area contributed by atoms with Crippen LogP contribution in [0.1, 0.15) is 18.5 Å². The third-order valence-corrected chi connectivity index (χ3v) is 4.92. The zero-order valence-electron chi connectivity index (χ0n) is 12.1. The van der Waals surface area contributed by atoms with E-state index in [2.05, 4.69) is 20.4 Å². The lowest BCUT2D eigenvalue weighted by Crippen LogP contribution is -2.32. The van der Waals surface area contributed by atoms with Crippen molar-refractivity contribution in [2.24, 2.45) is 0 Å². The monoisotopic (exact) mass is 315 g/mol. The first-order valence-electron chi connectivity index (χ1n) is 7.43. The Balaban J connectivity index is 1.44. The average Bonchev–Trinajstić information content (AvgIpc) is 3.28. The van der Waals surface area contributed by atoms with Gasteiger partial charge in [-0.2, -0.15) is 5.10 Å². The van der Waals surface area contributed by atoms with Gasteiger partial charge in [0.05, 0.1) is 18.5 Å². The van der Waals surface area contributed by atoms with Crippen LogP contribution in [0.25, 0.3) is 10.8 Å². The van der Waals surface area contributed by atoms with E-state index in [9.17, 15) is 0 Å². The highest BCUT2D eigenvalue weighted by molar-refractivity contribution is 7.13. The van der Waals surface area contributed by atoms with E-state index in [1.165, 1.54) is 12.8 Å². The average molecular weight is 315 g/mol. The number of aromatic nitrogens is 4. The van der Waals surface area contributed by atoms with Crippen molar-refractivity contribution < 1.29 is 4.42 Å². The van der Waals surface area contributed by atoms with E-state index in [0.717, 1.165) is 36.1 Å². The Morgan fingerprint density at radius 1 is 1.41 bits per heavy atom. The second-order valence-electron chi connectivity index (χ2n) is 5.51. The molecule has 1 atom stereocenters. The van der Waals surface area contributed by atoms with E-state index in [1.54, 1.807) is 30.3 Å². The van der Waals surface area contributed by atoms with Crippen molar-refractivity contribution in [3.8, 4) is 10.8 Å². The third kappa shape index (κ3) is 2.82. The fraction of sp³-hybridized carbons (Fsp3) is 0.400. The highest BCUT2D eigenvalue weighted by atomic mass is 32.1. The number of rotatable bonds is 5. The predicted octanol–water partition coefficient (Wildman–Crippen LogP) is 2.66. The normalized spacial score (nSPS) is 19.0. The van der Waals surface area contributed by atoms with E-state index < -0.39 is 0 Å². The predicted molar refractivity (Wildman–Crippen MR) is 83.3 cm³/mol. The zero-order chi connectivity index (χ0) is 14.8. The second-order valence-corrected chi connectivity index (χ2v) is 6.36. The maximum absolute atomic E-state index is 5.41. The fourth-order valence-electron chi connectivity index (χ4n) is 2.95. The van der Waals surface area contributed by atoms with Crippen LogP contribution in [0.15, 0.2) is 40.8 Å². The molecule has 4 heterocycles. The smallest absolute Gasteiger partial charge is 0.162 e. The van der Waals surface area contributed by atoms with E-state index >= 15 is 0 Å². The molecule has 1 aliphatic rings. The van der Waals surface area contributed by atoms with Crippen LogP contribution in [-0.4, -0.2) is 37.2 Å². The summed E-state index contributed by atoms with van der Waals surface area (Å²) < 4.78 is 7.32. The van der Waals surface area contributed by atoms with Gasteiger partial charge in [-0.25, -0.2) is 9.97 Å². The maximum Gasteiger partial charge on any atom is 0.162 e. The molecule has 1 aliphatic heterocycles. The quantitative estimate of drug-likeness (QED) is 0.724. The summed E-state index contributed by atoms with van der Waals surface area (Å²) in [4.78, 5) is 11.2. The summed E-state index contributed by atoms with van der Waals surface area (Å²) in [7, 11) is 0. The van der Waals surface area contributed by atoms with Crippen molar-refractivity contribution in [2.75, 3.05) is 6.54 Å². The van der Waals surface area contributed by atoms with Crippen molar-refractivity contribution in [3.63, 3.8) is 0 Å². The standard InChI is InChI=1S/C15H17N5OS/c1-3-13(8-20-11-16-10-17-20)19(5-1)7-12-9-22-15(18-12)14-4-2-6-21-14/h2,4,6,9-11,13H,1,3,5,7-8H2/t13-/m0/s1. The number of thiazole rings is 1. The zero-order valence-corrected chi connectivity index (χ0v) is 12.9. The minimum Gasteiger partial charge on any atom is -0.462 e. The number of likely N-dealkylation sites (tertiary alicyclic amines) is 1. The minimum atomic E-state index is 0.510. The Labute approximate surface area is 132 Å². The lowest BCUT2D eigenvalue weighted by molar-refractivity contribution is 0.217. The molecule has 3 aromatic heterocycles. The van der Waals surface area contributed by atoms with Gasteiger partial charge >= 0.3 is 0 Å². The molecule has 0 N–H and O–H groups in total. The third-order valence-electron chi connectivity index (χ3n) is 4.01. The van der Waals surface area contributed by atoms with Gasteiger partial charge in [-0.15, -0.1) is 11.3 Å². The van der Waals surface area contributed by atoms with Gasteiger partial charge in [0.15, 0.2) is 10.8 Å². The lowest BCUT2D eigenvalue weighted by atomic mass is 10.2. The summed E-state index contributed by atoms with van der Waals surface area (Å²) in [5, 5.41) is 7.29. The van der Waals surface area contributed by atoms with Gasteiger partial charge in [-0.05, 0) is 31.5 Å². The maximum atomic E-state index is 5.41. The van der Waals surface area contributed by atoms with E-state index in [1.807, 2.05) is 16.8 Å². The molecule has 0 radical (unpaired) electrons. The molecule has 0 spiro atoms. The van der Waals surface area contributed by atoms with Crippen LogP contribution in [0.4, 0.5) is 0 Å². The second kappa shape index (κ2) is 6.02. The summed E-state index contributed by atoms with van der Waals surface area (Å²) in [5.41, 5.74) is 1.11. The molecule has 114 valence electrons. The van der Waals surface area contributed by atoms with Crippen LogP contribution in [0.3, 0.4) is 0 Å². The van der Waals surface area contributed by atoms with Gasteiger partial charge in [-0.3, -0.25) is 9.58 Å². The molecule has 22 heavy (non-hydrogen) atoms. The fourth-order valence-corrected chi connectivity index (χ4v) is 3.73. The van der Waals surface area contributed by atoms with Gasteiger partial charge in [0, 0.05) is 18.0 Å². The first kappa shape index (κ1) is 13.7. The van der Waals surface area contributed by atoms with Crippen LogP contribution in [-0.2, 0) is 13.1 Å². The molecule has 6 nitrogen and oxygen atoms in total. The minimum absolute atomic E-state index is 0.510. The molecule has 7 heteroatoms. The molecule has 0 saturated carbocycles. The molecule has 0 aromatic carbocycles. The van der Waals surface area contributed by atoms with Gasteiger partial charge in [0.1, 0.15) is 12.7 Å². The number of nitrogens with zero attached hydrogens (tertiary/aromatic N) is 5. The van der Waals surface area contributed by atoms with Crippen LogP contribution in [0.5, 0.6) is 0 Å². The molecule has 0 bridgehead atoms. The first-order chi connectivity index (χ1) is 10.9. The van der Waals surface area contributed by atoms with Crippen LogP contribution in [0.2, 0.25) is 0 Å². The highest BCUT2D eigenvalue weighted by Gasteiger charge is 2.25. The lowest BCUT2D eigenvalue weighted by Gasteiger charge is -2.23. The molecule has 4 rings (SSSR count). The highest BCUT2D eigenvalue weighted by Crippen LogP contribution is 2.26. The topological polar surface area (TPSA) is 60.0 Å². The van der Waals surface area contributed by atoms with Crippen molar-refractivity contribution in [1.29, 1.82) is 0 Å². The Hall–Kier alpha value is -1.99. The summed E-state index contributed by atoms with van der Waals surface area (Å²) in [6, 6.07) is 4.35. The molecule has 0 unspecified atom stereocenters. The van der Waals surface area contributed by atoms with E-state index in [0.29, 0.717) is 6.04 Å². The Bertz CT molecular complexity index is 706. The SMILES string of the molecule is c1coc(-c2nc(CN3CCC[C@H]3Cn3cncn3)cs2)c1. The van der Waals surface area contributed by atoms with Crippen LogP contribution < -0.4 is 0 Å². The number of hydrogen-bond acceptors (Lipinski definition) is 6.